The Morgan fingerprint density at radius 1 is 1.40 bits per heavy atom. The average Bonchev–Trinajstić information content (AvgIpc) is 2.47. The lowest BCUT2D eigenvalue weighted by Crippen LogP contribution is -2.26. The summed E-state index contributed by atoms with van der Waals surface area (Å²) in [5, 5.41) is 3.43. The predicted octanol–water partition coefficient (Wildman–Crippen LogP) is 3.61. The summed E-state index contributed by atoms with van der Waals surface area (Å²) >= 11 is 0. The van der Waals surface area contributed by atoms with E-state index in [1.54, 1.807) is 0 Å². The Hall–Kier alpha value is -1.06. The van der Waals surface area contributed by atoms with Gasteiger partial charge in [-0.25, -0.2) is 0 Å². The zero-order chi connectivity index (χ0) is 14.4. The van der Waals surface area contributed by atoms with E-state index < -0.39 is 0 Å². The molecule has 2 atom stereocenters. The number of aryl methyl sites for hydroxylation is 1. The Morgan fingerprint density at radius 2 is 2.25 bits per heavy atom. The summed E-state index contributed by atoms with van der Waals surface area (Å²) in [6.07, 6.45) is 3.83. The van der Waals surface area contributed by atoms with Crippen LogP contribution in [-0.4, -0.2) is 25.9 Å². The Labute approximate surface area is 122 Å². The summed E-state index contributed by atoms with van der Waals surface area (Å²) in [7, 11) is 0. The van der Waals surface area contributed by atoms with Crippen molar-refractivity contribution in [1.29, 1.82) is 0 Å². The van der Waals surface area contributed by atoms with Crippen LogP contribution >= 0.6 is 0 Å². The van der Waals surface area contributed by atoms with E-state index in [0.717, 1.165) is 25.3 Å². The molecule has 1 aliphatic rings. The number of nitrogens with one attached hydrogen (secondary N) is 1. The van der Waals surface area contributed by atoms with Gasteiger partial charge in [0, 0.05) is 12.6 Å². The van der Waals surface area contributed by atoms with Gasteiger partial charge in [0.1, 0.15) is 12.4 Å². The molecule has 0 saturated carbocycles. The van der Waals surface area contributed by atoms with E-state index in [-0.39, 0.29) is 6.10 Å². The van der Waals surface area contributed by atoms with E-state index >= 15 is 0 Å². The molecule has 1 aliphatic heterocycles. The molecule has 0 bridgehead atoms. The van der Waals surface area contributed by atoms with Gasteiger partial charge in [-0.2, -0.15) is 0 Å². The molecule has 2 rings (SSSR count). The van der Waals surface area contributed by atoms with Crippen molar-refractivity contribution in [2.75, 3.05) is 19.8 Å². The van der Waals surface area contributed by atoms with E-state index in [1.807, 2.05) is 0 Å². The molecule has 1 fully saturated rings. The van der Waals surface area contributed by atoms with Gasteiger partial charge in [-0.05, 0) is 56.8 Å². The van der Waals surface area contributed by atoms with Crippen LogP contribution < -0.4 is 10.1 Å². The van der Waals surface area contributed by atoms with Crippen LogP contribution in [0, 0.1) is 6.92 Å². The van der Waals surface area contributed by atoms with Crippen LogP contribution in [0.2, 0.25) is 0 Å². The van der Waals surface area contributed by atoms with Gasteiger partial charge in [-0.1, -0.05) is 19.1 Å². The average molecular weight is 277 g/mol. The van der Waals surface area contributed by atoms with Crippen molar-refractivity contribution < 1.29 is 9.47 Å². The van der Waals surface area contributed by atoms with Crippen LogP contribution in [0.4, 0.5) is 0 Å². The van der Waals surface area contributed by atoms with Crippen LogP contribution in [-0.2, 0) is 4.74 Å². The van der Waals surface area contributed by atoms with E-state index in [1.165, 1.54) is 24.0 Å². The Morgan fingerprint density at radius 3 is 2.90 bits per heavy atom. The fraction of sp³-hybridized carbons (Fsp3) is 0.647. The SMILES string of the molecule is CCNC(C)c1ccc(OCC2CCCCO2)c(C)c1. The zero-order valence-corrected chi connectivity index (χ0v) is 12.9. The third kappa shape index (κ3) is 4.22. The van der Waals surface area contributed by atoms with Gasteiger partial charge in [-0.15, -0.1) is 0 Å². The lowest BCUT2D eigenvalue weighted by Gasteiger charge is -2.23. The van der Waals surface area contributed by atoms with Crippen LogP contribution in [0.5, 0.6) is 5.75 Å². The number of benzene rings is 1. The van der Waals surface area contributed by atoms with Crippen LogP contribution in [0.3, 0.4) is 0 Å². The van der Waals surface area contributed by atoms with Crippen molar-refractivity contribution >= 4 is 0 Å². The minimum absolute atomic E-state index is 0.267. The number of hydrogen-bond donors (Lipinski definition) is 1. The normalized spacial score (nSPS) is 20.6. The molecule has 0 amide bonds. The first-order valence-electron chi connectivity index (χ1n) is 7.79. The maximum absolute atomic E-state index is 5.93. The summed E-state index contributed by atoms with van der Waals surface area (Å²) in [6, 6.07) is 6.83. The first-order chi connectivity index (χ1) is 9.70. The molecule has 0 spiro atoms. The van der Waals surface area contributed by atoms with Crippen molar-refractivity contribution in [3.05, 3.63) is 29.3 Å². The summed E-state index contributed by atoms with van der Waals surface area (Å²) in [5.41, 5.74) is 2.51. The van der Waals surface area contributed by atoms with E-state index in [0.29, 0.717) is 12.6 Å². The summed E-state index contributed by atoms with van der Waals surface area (Å²) in [4.78, 5) is 0. The van der Waals surface area contributed by atoms with Gasteiger partial charge in [0.05, 0.1) is 6.10 Å². The number of hydrogen-bond acceptors (Lipinski definition) is 3. The van der Waals surface area contributed by atoms with Gasteiger partial charge in [0.15, 0.2) is 0 Å². The Balaban J connectivity index is 1.91. The largest absolute Gasteiger partial charge is 0.491 e. The molecule has 0 aliphatic carbocycles. The molecular weight excluding hydrogens is 250 g/mol. The van der Waals surface area contributed by atoms with Gasteiger partial charge in [0.2, 0.25) is 0 Å². The topological polar surface area (TPSA) is 30.5 Å². The first kappa shape index (κ1) is 15.3. The fourth-order valence-corrected chi connectivity index (χ4v) is 2.65. The predicted molar refractivity (Wildman–Crippen MR) is 82.4 cm³/mol. The summed E-state index contributed by atoms with van der Waals surface area (Å²) in [6.45, 7) is 8.96. The summed E-state index contributed by atoms with van der Waals surface area (Å²) < 4.78 is 11.6. The Bertz CT molecular complexity index is 413. The number of rotatable bonds is 6. The van der Waals surface area contributed by atoms with Crippen LogP contribution in [0.15, 0.2) is 18.2 Å². The van der Waals surface area contributed by atoms with Crippen molar-refractivity contribution in [3.8, 4) is 5.75 Å². The monoisotopic (exact) mass is 277 g/mol. The fourth-order valence-electron chi connectivity index (χ4n) is 2.65. The van der Waals surface area contributed by atoms with Gasteiger partial charge in [0.25, 0.3) is 0 Å². The lowest BCUT2D eigenvalue weighted by molar-refractivity contribution is -0.0111. The molecule has 3 nitrogen and oxygen atoms in total. The second-order valence-corrected chi connectivity index (χ2v) is 5.60. The van der Waals surface area contributed by atoms with Gasteiger partial charge >= 0.3 is 0 Å². The van der Waals surface area contributed by atoms with Gasteiger partial charge < -0.3 is 14.8 Å². The molecule has 1 N–H and O–H groups in total. The quantitative estimate of drug-likeness (QED) is 0.861. The molecule has 20 heavy (non-hydrogen) atoms. The molecule has 2 unspecified atom stereocenters. The van der Waals surface area contributed by atoms with E-state index in [9.17, 15) is 0 Å². The molecule has 112 valence electrons. The molecular formula is C17H27NO2. The highest BCUT2D eigenvalue weighted by atomic mass is 16.5. The smallest absolute Gasteiger partial charge is 0.122 e. The van der Waals surface area contributed by atoms with Crippen LogP contribution in [0.1, 0.15) is 50.3 Å². The molecule has 1 saturated heterocycles. The van der Waals surface area contributed by atoms with E-state index in [4.69, 9.17) is 9.47 Å². The standard InChI is InChI=1S/C17H27NO2/c1-4-18-14(3)15-8-9-17(13(2)11-15)20-12-16-7-5-6-10-19-16/h8-9,11,14,16,18H,4-7,10,12H2,1-3H3. The molecule has 0 aromatic heterocycles. The molecule has 1 aromatic rings. The van der Waals surface area contributed by atoms with Crippen molar-refractivity contribution in [2.24, 2.45) is 0 Å². The maximum Gasteiger partial charge on any atom is 0.122 e. The first-order valence-corrected chi connectivity index (χ1v) is 7.79. The van der Waals surface area contributed by atoms with Crippen molar-refractivity contribution in [3.63, 3.8) is 0 Å². The summed E-state index contributed by atoms with van der Waals surface area (Å²) in [5.74, 6) is 0.978. The third-order valence-corrected chi connectivity index (χ3v) is 3.91. The third-order valence-electron chi connectivity index (χ3n) is 3.91. The molecule has 1 heterocycles. The molecule has 0 radical (unpaired) electrons. The molecule has 1 aromatic carbocycles. The highest BCUT2D eigenvalue weighted by Gasteiger charge is 2.15. The number of ether oxygens (including phenoxy) is 2. The minimum Gasteiger partial charge on any atom is -0.491 e. The van der Waals surface area contributed by atoms with Crippen molar-refractivity contribution in [2.45, 2.75) is 52.2 Å². The minimum atomic E-state index is 0.267. The van der Waals surface area contributed by atoms with E-state index in [2.05, 4.69) is 44.3 Å². The van der Waals surface area contributed by atoms with Crippen molar-refractivity contribution in [1.82, 2.24) is 5.32 Å². The lowest BCUT2D eigenvalue weighted by atomic mass is 10.0. The second-order valence-electron chi connectivity index (χ2n) is 5.60. The zero-order valence-electron chi connectivity index (χ0n) is 12.9. The van der Waals surface area contributed by atoms with Gasteiger partial charge in [-0.3, -0.25) is 0 Å². The highest BCUT2D eigenvalue weighted by Crippen LogP contribution is 2.23. The molecule has 3 heteroatoms. The second kappa shape index (κ2) is 7.65. The van der Waals surface area contributed by atoms with Crippen LogP contribution in [0.25, 0.3) is 0 Å². The highest BCUT2D eigenvalue weighted by molar-refractivity contribution is 5.37. The maximum atomic E-state index is 5.93. The Kier molecular flexibility index (Phi) is 5.86.